The van der Waals surface area contributed by atoms with Gasteiger partial charge in [-0.1, -0.05) is 28.1 Å². The van der Waals surface area contributed by atoms with Crippen molar-refractivity contribution in [3.8, 4) is 0 Å². The van der Waals surface area contributed by atoms with Gasteiger partial charge in [0.05, 0.1) is 11.2 Å². The lowest BCUT2D eigenvalue weighted by Gasteiger charge is -2.07. The number of amides is 1. The summed E-state index contributed by atoms with van der Waals surface area (Å²) >= 11 is 6.62. The van der Waals surface area contributed by atoms with Crippen LogP contribution >= 0.6 is 31.9 Å². The molecular weight excluding hydrogens is 348 g/mol. The molecule has 0 saturated heterocycles. The first-order chi connectivity index (χ1) is 8.20. The van der Waals surface area contributed by atoms with E-state index in [1.807, 2.05) is 24.3 Å². The summed E-state index contributed by atoms with van der Waals surface area (Å²) in [4.78, 5) is 15.9. The minimum atomic E-state index is -0.0147. The fourth-order valence-electron chi connectivity index (χ4n) is 1.53. The van der Waals surface area contributed by atoms with Gasteiger partial charge in [0.25, 0.3) is 0 Å². The van der Waals surface area contributed by atoms with E-state index in [9.17, 15) is 4.79 Å². The van der Waals surface area contributed by atoms with Gasteiger partial charge in [0.15, 0.2) is 0 Å². The second-order valence-electron chi connectivity index (χ2n) is 3.52. The Labute approximate surface area is 116 Å². The van der Waals surface area contributed by atoms with E-state index in [0.29, 0.717) is 11.8 Å². The molecule has 1 heterocycles. The first-order valence-corrected chi connectivity index (χ1v) is 7.02. The molecule has 0 atom stereocenters. The highest BCUT2D eigenvalue weighted by atomic mass is 79.9. The lowest BCUT2D eigenvalue weighted by atomic mass is 10.2. The van der Waals surface area contributed by atoms with Crippen LogP contribution in [0.3, 0.4) is 0 Å². The largest absolute Gasteiger partial charge is 0.324 e. The standard InChI is InChI=1S/C12H10Br2N2O/c13-5-4-11(17)16-10-3-1-2-8-6-9(14)7-15-12(8)10/h1-3,6-7H,4-5H2,(H,16,17). The van der Waals surface area contributed by atoms with Gasteiger partial charge in [-0.3, -0.25) is 9.78 Å². The van der Waals surface area contributed by atoms with E-state index in [2.05, 4.69) is 42.2 Å². The monoisotopic (exact) mass is 356 g/mol. The van der Waals surface area contributed by atoms with E-state index in [1.54, 1.807) is 6.20 Å². The van der Waals surface area contributed by atoms with Crippen molar-refractivity contribution in [1.82, 2.24) is 4.98 Å². The molecule has 17 heavy (non-hydrogen) atoms. The number of para-hydroxylation sites is 1. The van der Waals surface area contributed by atoms with Crippen molar-refractivity contribution >= 4 is 54.4 Å². The van der Waals surface area contributed by atoms with Gasteiger partial charge >= 0.3 is 0 Å². The summed E-state index contributed by atoms with van der Waals surface area (Å²) in [6.45, 7) is 0. The van der Waals surface area contributed by atoms with Gasteiger partial charge < -0.3 is 5.32 Å². The molecule has 0 fully saturated rings. The van der Waals surface area contributed by atoms with E-state index in [0.717, 1.165) is 21.1 Å². The number of aromatic nitrogens is 1. The minimum absolute atomic E-state index is 0.0147. The fraction of sp³-hybridized carbons (Fsp3) is 0.167. The smallest absolute Gasteiger partial charge is 0.225 e. The molecule has 0 radical (unpaired) electrons. The van der Waals surface area contributed by atoms with Crippen LogP contribution in [0.2, 0.25) is 0 Å². The summed E-state index contributed by atoms with van der Waals surface area (Å²) in [5.41, 5.74) is 1.56. The summed E-state index contributed by atoms with van der Waals surface area (Å²) in [5.74, 6) is -0.0147. The molecule has 88 valence electrons. The third-order valence-electron chi connectivity index (χ3n) is 2.27. The minimum Gasteiger partial charge on any atom is -0.324 e. The van der Waals surface area contributed by atoms with Gasteiger partial charge in [-0.05, 0) is 28.1 Å². The van der Waals surface area contributed by atoms with Gasteiger partial charge in [-0.15, -0.1) is 0 Å². The lowest BCUT2D eigenvalue weighted by molar-refractivity contribution is -0.115. The summed E-state index contributed by atoms with van der Waals surface area (Å²) < 4.78 is 0.925. The summed E-state index contributed by atoms with van der Waals surface area (Å²) in [5, 5.41) is 4.51. The number of carbonyl (C=O) groups is 1. The Morgan fingerprint density at radius 3 is 3.00 bits per heavy atom. The second kappa shape index (κ2) is 5.60. The molecule has 0 bridgehead atoms. The summed E-state index contributed by atoms with van der Waals surface area (Å²) in [6.07, 6.45) is 2.18. The highest BCUT2D eigenvalue weighted by molar-refractivity contribution is 9.10. The maximum atomic E-state index is 11.5. The Morgan fingerprint density at radius 2 is 2.24 bits per heavy atom. The number of halogens is 2. The van der Waals surface area contributed by atoms with Crippen LogP contribution < -0.4 is 5.32 Å². The zero-order chi connectivity index (χ0) is 12.3. The van der Waals surface area contributed by atoms with Crippen LogP contribution in [0.15, 0.2) is 34.9 Å². The van der Waals surface area contributed by atoms with Crippen LogP contribution in [0.1, 0.15) is 6.42 Å². The molecule has 0 aliphatic heterocycles. The van der Waals surface area contributed by atoms with Crippen LogP contribution in [0.25, 0.3) is 10.9 Å². The van der Waals surface area contributed by atoms with Crippen LogP contribution in [-0.4, -0.2) is 16.2 Å². The van der Waals surface area contributed by atoms with E-state index >= 15 is 0 Å². The number of alkyl halides is 1. The first kappa shape index (κ1) is 12.5. The Hall–Kier alpha value is -0.940. The average molecular weight is 358 g/mol. The lowest BCUT2D eigenvalue weighted by Crippen LogP contribution is -2.12. The zero-order valence-corrected chi connectivity index (χ0v) is 12.1. The maximum Gasteiger partial charge on any atom is 0.225 e. The summed E-state index contributed by atoms with van der Waals surface area (Å²) in [7, 11) is 0. The third-order valence-corrected chi connectivity index (χ3v) is 3.10. The Kier molecular flexibility index (Phi) is 4.12. The number of nitrogens with one attached hydrogen (secondary N) is 1. The van der Waals surface area contributed by atoms with Crippen molar-refractivity contribution in [2.24, 2.45) is 0 Å². The molecule has 2 rings (SSSR count). The molecular formula is C12H10Br2N2O. The number of anilines is 1. The number of benzene rings is 1. The molecule has 1 aromatic heterocycles. The van der Waals surface area contributed by atoms with Crippen LogP contribution in [0, 0.1) is 0 Å². The third kappa shape index (κ3) is 3.04. The Balaban J connectivity index is 2.37. The van der Waals surface area contributed by atoms with Crippen molar-refractivity contribution in [2.45, 2.75) is 6.42 Å². The topological polar surface area (TPSA) is 42.0 Å². The molecule has 1 aromatic carbocycles. The molecule has 5 heteroatoms. The molecule has 2 aromatic rings. The zero-order valence-electron chi connectivity index (χ0n) is 8.91. The normalized spacial score (nSPS) is 10.5. The number of hydrogen-bond donors (Lipinski definition) is 1. The number of nitrogens with zero attached hydrogens (tertiary/aromatic N) is 1. The fourth-order valence-corrected chi connectivity index (χ4v) is 2.24. The first-order valence-electron chi connectivity index (χ1n) is 5.11. The highest BCUT2D eigenvalue weighted by Crippen LogP contribution is 2.23. The van der Waals surface area contributed by atoms with Crippen molar-refractivity contribution in [2.75, 3.05) is 10.6 Å². The number of pyridine rings is 1. The number of fused-ring (bicyclic) bond motifs is 1. The summed E-state index contributed by atoms with van der Waals surface area (Å²) in [6, 6.07) is 7.70. The predicted octanol–water partition coefficient (Wildman–Crippen LogP) is 3.72. The van der Waals surface area contributed by atoms with Gasteiger partial charge in [0, 0.05) is 27.8 Å². The van der Waals surface area contributed by atoms with Gasteiger partial charge in [-0.25, -0.2) is 0 Å². The molecule has 3 nitrogen and oxygen atoms in total. The molecule has 0 saturated carbocycles. The van der Waals surface area contributed by atoms with E-state index in [1.165, 1.54) is 0 Å². The van der Waals surface area contributed by atoms with Crippen molar-refractivity contribution in [1.29, 1.82) is 0 Å². The van der Waals surface area contributed by atoms with Gasteiger partial charge in [0.1, 0.15) is 0 Å². The SMILES string of the molecule is O=C(CCBr)Nc1cccc2cc(Br)cnc12. The Bertz CT molecular complexity index is 557. The van der Waals surface area contributed by atoms with Crippen molar-refractivity contribution in [3.05, 3.63) is 34.9 Å². The van der Waals surface area contributed by atoms with E-state index < -0.39 is 0 Å². The molecule has 0 aliphatic carbocycles. The van der Waals surface area contributed by atoms with E-state index in [4.69, 9.17) is 0 Å². The van der Waals surface area contributed by atoms with Crippen molar-refractivity contribution < 1.29 is 4.79 Å². The number of carbonyl (C=O) groups excluding carboxylic acids is 1. The molecule has 1 N–H and O–H groups in total. The van der Waals surface area contributed by atoms with Crippen LogP contribution in [0.5, 0.6) is 0 Å². The van der Waals surface area contributed by atoms with Crippen molar-refractivity contribution in [3.63, 3.8) is 0 Å². The average Bonchev–Trinajstić information content (AvgIpc) is 2.29. The highest BCUT2D eigenvalue weighted by Gasteiger charge is 2.06. The quantitative estimate of drug-likeness (QED) is 0.850. The van der Waals surface area contributed by atoms with Crippen LogP contribution in [0.4, 0.5) is 5.69 Å². The molecule has 0 spiro atoms. The Morgan fingerprint density at radius 1 is 1.41 bits per heavy atom. The number of rotatable bonds is 3. The van der Waals surface area contributed by atoms with Gasteiger partial charge in [-0.2, -0.15) is 0 Å². The van der Waals surface area contributed by atoms with Crippen LogP contribution in [-0.2, 0) is 4.79 Å². The molecule has 0 unspecified atom stereocenters. The molecule has 1 amide bonds. The van der Waals surface area contributed by atoms with Gasteiger partial charge in [0.2, 0.25) is 5.91 Å². The number of hydrogen-bond acceptors (Lipinski definition) is 2. The maximum absolute atomic E-state index is 11.5. The predicted molar refractivity (Wildman–Crippen MR) is 76.5 cm³/mol. The second-order valence-corrected chi connectivity index (χ2v) is 5.23. The molecule has 0 aliphatic rings. The van der Waals surface area contributed by atoms with E-state index in [-0.39, 0.29) is 5.91 Å².